The van der Waals surface area contributed by atoms with Gasteiger partial charge in [-0.3, -0.25) is 4.57 Å². The van der Waals surface area contributed by atoms with Gasteiger partial charge in [0, 0.05) is 5.56 Å². The maximum atomic E-state index is 4.10. The lowest BCUT2D eigenvalue weighted by Crippen LogP contribution is -2.01. The first kappa shape index (κ1) is 12.9. The fourth-order valence-electron chi connectivity index (χ4n) is 2.28. The van der Waals surface area contributed by atoms with Crippen molar-refractivity contribution in [1.82, 2.24) is 14.8 Å². The standard InChI is InChI=1S/C17H19N3/c1-13-6-3-4-8-16(13)17(9-5-7-15-10-11-15)20-12-18-19-14(20)2/h3-9,12,15H,10-11H2,1-2H3/b7-5+,17-9+. The van der Waals surface area contributed by atoms with Crippen molar-refractivity contribution in [2.24, 2.45) is 5.92 Å². The summed E-state index contributed by atoms with van der Waals surface area (Å²) in [5, 5.41) is 8.10. The molecule has 3 rings (SSSR count). The summed E-state index contributed by atoms with van der Waals surface area (Å²) in [5.41, 5.74) is 3.60. The highest BCUT2D eigenvalue weighted by Gasteiger charge is 2.16. The van der Waals surface area contributed by atoms with Crippen LogP contribution in [0.25, 0.3) is 5.70 Å². The van der Waals surface area contributed by atoms with E-state index in [1.54, 1.807) is 6.33 Å². The Labute approximate surface area is 119 Å². The molecule has 1 aliphatic rings. The van der Waals surface area contributed by atoms with E-state index < -0.39 is 0 Å². The fraction of sp³-hybridized carbons (Fsp3) is 0.294. The van der Waals surface area contributed by atoms with Crippen molar-refractivity contribution in [3.05, 3.63) is 65.8 Å². The van der Waals surface area contributed by atoms with Crippen LogP contribution in [0.15, 0.2) is 48.8 Å². The number of rotatable bonds is 4. The number of aryl methyl sites for hydroxylation is 2. The second-order valence-electron chi connectivity index (χ2n) is 5.34. The number of hydrogen-bond acceptors (Lipinski definition) is 2. The number of aromatic nitrogens is 3. The van der Waals surface area contributed by atoms with E-state index in [9.17, 15) is 0 Å². The first-order valence-electron chi connectivity index (χ1n) is 7.07. The van der Waals surface area contributed by atoms with E-state index >= 15 is 0 Å². The molecule has 1 aliphatic carbocycles. The van der Waals surface area contributed by atoms with Crippen LogP contribution in [0.3, 0.4) is 0 Å². The molecule has 0 bridgehead atoms. The van der Waals surface area contributed by atoms with Gasteiger partial charge in [-0.25, -0.2) is 0 Å². The summed E-state index contributed by atoms with van der Waals surface area (Å²) in [4.78, 5) is 0. The lowest BCUT2D eigenvalue weighted by molar-refractivity contribution is 0.985. The van der Waals surface area contributed by atoms with Crippen molar-refractivity contribution in [3.8, 4) is 0 Å². The maximum absolute atomic E-state index is 4.10. The van der Waals surface area contributed by atoms with Gasteiger partial charge in [-0.15, -0.1) is 10.2 Å². The predicted molar refractivity (Wildman–Crippen MR) is 81.2 cm³/mol. The van der Waals surface area contributed by atoms with Crippen molar-refractivity contribution in [2.75, 3.05) is 0 Å². The summed E-state index contributed by atoms with van der Waals surface area (Å²) >= 11 is 0. The van der Waals surface area contributed by atoms with Gasteiger partial charge in [-0.1, -0.05) is 36.4 Å². The highest BCUT2D eigenvalue weighted by atomic mass is 15.3. The van der Waals surface area contributed by atoms with E-state index in [-0.39, 0.29) is 0 Å². The summed E-state index contributed by atoms with van der Waals surface area (Å²) < 4.78 is 2.04. The minimum atomic E-state index is 0.784. The Kier molecular flexibility index (Phi) is 3.50. The van der Waals surface area contributed by atoms with Gasteiger partial charge < -0.3 is 0 Å². The number of benzene rings is 1. The molecule has 102 valence electrons. The Bertz CT molecular complexity index is 660. The largest absolute Gasteiger partial charge is 0.285 e. The number of hydrogen-bond donors (Lipinski definition) is 0. The molecule has 3 nitrogen and oxygen atoms in total. The molecule has 0 saturated heterocycles. The fourth-order valence-corrected chi connectivity index (χ4v) is 2.28. The van der Waals surface area contributed by atoms with Crippen LogP contribution < -0.4 is 0 Å². The molecular weight excluding hydrogens is 246 g/mol. The van der Waals surface area contributed by atoms with Crippen LogP contribution in [-0.2, 0) is 0 Å². The van der Waals surface area contributed by atoms with Crippen LogP contribution in [0.1, 0.15) is 29.8 Å². The van der Waals surface area contributed by atoms with Crippen LogP contribution >= 0.6 is 0 Å². The Balaban J connectivity index is 2.03. The van der Waals surface area contributed by atoms with Crippen molar-refractivity contribution in [3.63, 3.8) is 0 Å². The van der Waals surface area contributed by atoms with E-state index in [1.807, 2.05) is 11.5 Å². The first-order chi connectivity index (χ1) is 9.75. The van der Waals surface area contributed by atoms with Crippen molar-refractivity contribution < 1.29 is 0 Å². The number of nitrogens with zero attached hydrogens (tertiary/aromatic N) is 3. The molecule has 3 heteroatoms. The molecular formula is C17H19N3. The lowest BCUT2D eigenvalue weighted by Gasteiger charge is -2.12. The van der Waals surface area contributed by atoms with Gasteiger partial charge in [0.2, 0.25) is 0 Å². The SMILES string of the molecule is Cc1ccccc1/C(=C\C=C\C1CC1)n1cnnc1C. The quantitative estimate of drug-likeness (QED) is 0.788. The van der Waals surface area contributed by atoms with Crippen molar-refractivity contribution in [1.29, 1.82) is 0 Å². The molecule has 1 saturated carbocycles. The molecule has 1 fully saturated rings. The highest BCUT2D eigenvalue weighted by Crippen LogP contribution is 2.30. The second-order valence-corrected chi connectivity index (χ2v) is 5.34. The molecule has 0 N–H and O–H groups in total. The van der Waals surface area contributed by atoms with E-state index in [1.165, 1.54) is 24.0 Å². The molecule has 0 amide bonds. The molecule has 20 heavy (non-hydrogen) atoms. The van der Waals surface area contributed by atoms with Gasteiger partial charge in [0.05, 0.1) is 5.70 Å². The summed E-state index contributed by atoms with van der Waals surface area (Å²) in [5.74, 6) is 1.69. The maximum Gasteiger partial charge on any atom is 0.134 e. The van der Waals surface area contributed by atoms with Crippen LogP contribution in [0.2, 0.25) is 0 Å². The highest BCUT2D eigenvalue weighted by molar-refractivity contribution is 5.70. The van der Waals surface area contributed by atoms with E-state index in [0.29, 0.717) is 0 Å². The van der Waals surface area contributed by atoms with Crippen LogP contribution in [0, 0.1) is 19.8 Å². The first-order valence-corrected chi connectivity index (χ1v) is 7.07. The van der Waals surface area contributed by atoms with Gasteiger partial charge in [0.1, 0.15) is 12.2 Å². The molecule has 2 aromatic rings. The predicted octanol–water partition coefficient (Wildman–Crippen LogP) is 3.75. The van der Waals surface area contributed by atoms with Gasteiger partial charge in [-0.05, 0) is 44.2 Å². The lowest BCUT2D eigenvalue weighted by atomic mass is 10.0. The summed E-state index contributed by atoms with van der Waals surface area (Å²) in [6.45, 7) is 4.11. The molecule has 0 radical (unpaired) electrons. The Morgan fingerprint density at radius 2 is 2.05 bits per heavy atom. The topological polar surface area (TPSA) is 30.7 Å². The summed E-state index contributed by atoms with van der Waals surface area (Å²) in [6.07, 6.45) is 11.1. The van der Waals surface area contributed by atoms with E-state index in [2.05, 4.69) is 59.6 Å². The summed E-state index contributed by atoms with van der Waals surface area (Å²) in [7, 11) is 0. The molecule has 1 aromatic heterocycles. The third kappa shape index (κ3) is 2.72. The minimum absolute atomic E-state index is 0.784. The van der Waals surface area contributed by atoms with E-state index in [0.717, 1.165) is 17.4 Å². The zero-order chi connectivity index (χ0) is 13.9. The van der Waals surface area contributed by atoms with Gasteiger partial charge in [-0.2, -0.15) is 0 Å². The average molecular weight is 265 g/mol. The molecule has 0 aliphatic heterocycles. The molecule has 0 unspecified atom stereocenters. The van der Waals surface area contributed by atoms with Crippen molar-refractivity contribution >= 4 is 5.70 Å². The van der Waals surface area contributed by atoms with Gasteiger partial charge in [0.15, 0.2) is 0 Å². The minimum Gasteiger partial charge on any atom is -0.285 e. The van der Waals surface area contributed by atoms with E-state index in [4.69, 9.17) is 0 Å². The zero-order valence-electron chi connectivity index (χ0n) is 12.0. The summed E-state index contributed by atoms with van der Waals surface area (Å²) in [6, 6.07) is 8.41. The Hall–Kier alpha value is -2.16. The van der Waals surface area contributed by atoms with Gasteiger partial charge in [0.25, 0.3) is 0 Å². The Morgan fingerprint density at radius 3 is 2.70 bits per heavy atom. The van der Waals surface area contributed by atoms with Gasteiger partial charge >= 0.3 is 0 Å². The smallest absolute Gasteiger partial charge is 0.134 e. The molecule has 0 spiro atoms. The normalized spacial score (nSPS) is 16.0. The molecule has 1 heterocycles. The van der Waals surface area contributed by atoms with Crippen molar-refractivity contribution in [2.45, 2.75) is 26.7 Å². The monoisotopic (exact) mass is 265 g/mol. The van der Waals surface area contributed by atoms with Crippen LogP contribution in [0.5, 0.6) is 0 Å². The Morgan fingerprint density at radius 1 is 1.25 bits per heavy atom. The average Bonchev–Trinajstić information content (AvgIpc) is 3.17. The third-order valence-electron chi connectivity index (χ3n) is 3.66. The number of allylic oxidation sites excluding steroid dienone is 3. The van der Waals surface area contributed by atoms with Crippen LogP contribution in [-0.4, -0.2) is 14.8 Å². The molecule has 1 aromatic carbocycles. The molecule has 0 atom stereocenters. The second kappa shape index (κ2) is 5.45. The van der Waals surface area contributed by atoms with Crippen LogP contribution in [0.4, 0.5) is 0 Å². The zero-order valence-corrected chi connectivity index (χ0v) is 12.0. The third-order valence-corrected chi connectivity index (χ3v) is 3.66.